The van der Waals surface area contributed by atoms with Crippen LogP contribution in [-0.4, -0.2) is 6.54 Å². The molecule has 2 aromatic rings. The van der Waals surface area contributed by atoms with Crippen molar-refractivity contribution in [1.82, 2.24) is 0 Å². The minimum Gasteiger partial charge on any atom is -0.487 e. The Bertz CT molecular complexity index is 599. The van der Waals surface area contributed by atoms with E-state index in [0.717, 1.165) is 5.56 Å². The molecule has 2 N–H and O–H groups in total. The average molecular weight is 255 g/mol. The van der Waals surface area contributed by atoms with Crippen molar-refractivity contribution in [2.75, 3.05) is 6.54 Å². The van der Waals surface area contributed by atoms with Gasteiger partial charge in [-0.15, -0.1) is 0 Å². The lowest BCUT2D eigenvalue weighted by atomic mass is 10.2. The van der Waals surface area contributed by atoms with Crippen LogP contribution in [0.3, 0.4) is 0 Å². The zero-order valence-corrected chi connectivity index (χ0v) is 10.4. The zero-order chi connectivity index (χ0) is 13.5. The summed E-state index contributed by atoms with van der Waals surface area (Å²) in [6.45, 7) is 0.636. The van der Waals surface area contributed by atoms with Gasteiger partial charge in [-0.1, -0.05) is 42.2 Å². The molecule has 0 bridgehead atoms. The lowest BCUT2D eigenvalue weighted by molar-refractivity contribution is 0.304. The van der Waals surface area contributed by atoms with Crippen LogP contribution in [0.5, 0.6) is 5.75 Å². The molecule has 0 heterocycles. The second-order valence-electron chi connectivity index (χ2n) is 3.92. The van der Waals surface area contributed by atoms with Gasteiger partial charge in [0.2, 0.25) is 0 Å². The Labute approximate surface area is 112 Å². The van der Waals surface area contributed by atoms with Crippen molar-refractivity contribution in [2.24, 2.45) is 5.73 Å². The second kappa shape index (κ2) is 6.58. The average Bonchev–Trinajstić information content (AvgIpc) is 2.45. The molecule has 3 heteroatoms. The normalized spacial score (nSPS) is 9.58. The highest BCUT2D eigenvalue weighted by atomic mass is 19.1. The van der Waals surface area contributed by atoms with Crippen molar-refractivity contribution < 1.29 is 9.13 Å². The number of hydrogen-bond donors (Lipinski definition) is 1. The third-order valence-corrected chi connectivity index (χ3v) is 2.51. The molecule has 0 aromatic heterocycles. The van der Waals surface area contributed by atoms with Crippen LogP contribution in [0.25, 0.3) is 0 Å². The van der Waals surface area contributed by atoms with Gasteiger partial charge in [-0.25, -0.2) is 4.39 Å². The summed E-state index contributed by atoms with van der Waals surface area (Å²) in [5, 5.41) is 0. The number of halogens is 1. The maximum atomic E-state index is 13.2. The van der Waals surface area contributed by atoms with Crippen molar-refractivity contribution in [3.63, 3.8) is 0 Å². The molecular formula is C16H14FNO. The van der Waals surface area contributed by atoms with Crippen molar-refractivity contribution in [3.05, 3.63) is 65.5 Å². The van der Waals surface area contributed by atoms with Crippen LogP contribution in [-0.2, 0) is 6.61 Å². The van der Waals surface area contributed by atoms with Crippen LogP contribution < -0.4 is 10.5 Å². The Morgan fingerprint density at radius 1 is 1.11 bits per heavy atom. The van der Waals surface area contributed by atoms with E-state index in [2.05, 4.69) is 11.8 Å². The van der Waals surface area contributed by atoms with E-state index in [-0.39, 0.29) is 12.4 Å². The Hall–Kier alpha value is -2.31. The molecule has 0 aliphatic carbocycles. The Morgan fingerprint density at radius 2 is 1.89 bits per heavy atom. The van der Waals surface area contributed by atoms with E-state index in [4.69, 9.17) is 10.5 Å². The molecular weight excluding hydrogens is 241 g/mol. The summed E-state index contributed by atoms with van der Waals surface area (Å²) in [6.07, 6.45) is 0. The highest BCUT2D eigenvalue weighted by Gasteiger charge is 2.04. The summed E-state index contributed by atoms with van der Waals surface area (Å²) in [5.74, 6) is 5.70. The molecule has 0 atom stereocenters. The predicted octanol–water partition coefficient (Wildman–Crippen LogP) is 2.71. The van der Waals surface area contributed by atoms with Crippen LogP contribution in [0.15, 0.2) is 48.5 Å². The van der Waals surface area contributed by atoms with Crippen LogP contribution in [0, 0.1) is 17.7 Å². The number of ether oxygens (including phenoxy) is 1. The van der Waals surface area contributed by atoms with Crippen LogP contribution in [0.2, 0.25) is 0 Å². The van der Waals surface area contributed by atoms with Gasteiger partial charge >= 0.3 is 0 Å². The third kappa shape index (κ3) is 3.84. The van der Waals surface area contributed by atoms with E-state index in [1.165, 1.54) is 12.1 Å². The summed E-state index contributed by atoms with van der Waals surface area (Å²) >= 11 is 0. The maximum absolute atomic E-state index is 13.2. The topological polar surface area (TPSA) is 35.2 Å². The monoisotopic (exact) mass is 255 g/mol. The molecule has 19 heavy (non-hydrogen) atoms. The van der Waals surface area contributed by atoms with Crippen molar-refractivity contribution in [3.8, 4) is 17.6 Å². The minimum absolute atomic E-state index is 0.259. The van der Waals surface area contributed by atoms with Gasteiger partial charge < -0.3 is 10.5 Å². The van der Waals surface area contributed by atoms with Crippen LogP contribution >= 0.6 is 0 Å². The van der Waals surface area contributed by atoms with E-state index >= 15 is 0 Å². The molecule has 0 amide bonds. The summed E-state index contributed by atoms with van der Waals surface area (Å²) in [6, 6.07) is 14.0. The standard InChI is InChI=1S/C16H14FNO/c17-15-9-8-14(7-4-10-18)16(11-15)19-12-13-5-2-1-3-6-13/h1-3,5-6,8-9,11H,10,12,18H2. The maximum Gasteiger partial charge on any atom is 0.138 e. The second-order valence-corrected chi connectivity index (χ2v) is 3.92. The molecule has 0 spiro atoms. The minimum atomic E-state index is -0.346. The lowest BCUT2D eigenvalue weighted by Gasteiger charge is -2.08. The number of rotatable bonds is 3. The van der Waals surface area contributed by atoms with Gasteiger partial charge in [0.15, 0.2) is 0 Å². The largest absolute Gasteiger partial charge is 0.487 e. The summed E-state index contributed by atoms with van der Waals surface area (Å²) in [5.41, 5.74) is 6.99. The van der Waals surface area contributed by atoms with Crippen LogP contribution in [0.1, 0.15) is 11.1 Å². The first-order chi connectivity index (χ1) is 9.29. The first-order valence-electron chi connectivity index (χ1n) is 5.95. The molecule has 96 valence electrons. The molecule has 0 saturated heterocycles. The first kappa shape index (κ1) is 13.1. The summed E-state index contributed by atoms with van der Waals surface area (Å²) in [4.78, 5) is 0. The van der Waals surface area contributed by atoms with Gasteiger partial charge in [0.25, 0.3) is 0 Å². The fourth-order valence-corrected chi connectivity index (χ4v) is 1.60. The zero-order valence-electron chi connectivity index (χ0n) is 10.4. The SMILES string of the molecule is NCC#Cc1ccc(F)cc1OCc1ccccc1. The predicted molar refractivity (Wildman–Crippen MR) is 73.1 cm³/mol. The summed E-state index contributed by atoms with van der Waals surface area (Å²) in [7, 11) is 0. The Morgan fingerprint density at radius 3 is 2.63 bits per heavy atom. The molecule has 0 saturated carbocycles. The van der Waals surface area contributed by atoms with E-state index in [9.17, 15) is 4.39 Å². The van der Waals surface area contributed by atoms with E-state index in [1.54, 1.807) is 6.07 Å². The smallest absolute Gasteiger partial charge is 0.138 e. The molecule has 2 aromatic carbocycles. The number of nitrogens with two attached hydrogens (primary N) is 1. The van der Waals surface area contributed by atoms with Gasteiger partial charge in [0, 0.05) is 6.07 Å². The molecule has 0 aliphatic rings. The quantitative estimate of drug-likeness (QED) is 0.856. The highest BCUT2D eigenvalue weighted by Crippen LogP contribution is 2.20. The molecule has 0 unspecified atom stereocenters. The van der Waals surface area contributed by atoms with E-state index < -0.39 is 0 Å². The molecule has 0 radical (unpaired) electrons. The van der Waals surface area contributed by atoms with Gasteiger partial charge in [-0.05, 0) is 17.7 Å². The van der Waals surface area contributed by atoms with Crippen molar-refractivity contribution in [2.45, 2.75) is 6.61 Å². The van der Waals surface area contributed by atoms with Gasteiger partial charge in [0.1, 0.15) is 18.2 Å². The fourth-order valence-electron chi connectivity index (χ4n) is 1.60. The van der Waals surface area contributed by atoms with Crippen LogP contribution in [0.4, 0.5) is 4.39 Å². The Kier molecular flexibility index (Phi) is 4.54. The third-order valence-electron chi connectivity index (χ3n) is 2.51. The van der Waals surface area contributed by atoms with E-state index in [1.807, 2.05) is 30.3 Å². The lowest BCUT2D eigenvalue weighted by Crippen LogP contribution is -1.98. The molecule has 0 fully saturated rings. The number of benzene rings is 2. The molecule has 2 nitrogen and oxygen atoms in total. The van der Waals surface area contributed by atoms with Gasteiger partial charge in [-0.2, -0.15) is 0 Å². The first-order valence-corrected chi connectivity index (χ1v) is 5.95. The van der Waals surface area contributed by atoms with Crippen molar-refractivity contribution >= 4 is 0 Å². The highest BCUT2D eigenvalue weighted by molar-refractivity contribution is 5.46. The van der Waals surface area contributed by atoms with Gasteiger partial charge in [0.05, 0.1) is 12.1 Å². The Balaban J connectivity index is 2.16. The molecule has 2 rings (SSSR count). The van der Waals surface area contributed by atoms with E-state index in [0.29, 0.717) is 17.9 Å². The molecule has 0 aliphatic heterocycles. The van der Waals surface area contributed by atoms with Gasteiger partial charge in [-0.3, -0.25) is 0 Å². The fraction of sp³-hybridized carbons (Fsp3) is 0.125. The summed E-state index contributed by atoms with van der Waals surface area (Å²) < 4.78 is 18.9. The number of hydrogen-bond acceptors (Lipinski definition) is 2. The van der Waals surface area contributed by atoms with Crippen molar-refractivity contribution in [1.29, 1.82) is 0 Å².